The molecule has 1 fully saturated rings. The minimum atomic E-state index is -0.0414. The van der Waals surface area contributed by atoms with Gasteiger partial charge in [-0.3, -0.25) is 4.79 Å². The largest absolute Gasteiger partial charge is 0.354 e. The smallest absolute Gasteiger partial charge is 0.255 e. The third-order valence-electron chi connectivity index (χ3n) is 5.76. The van der Waals surface area contributed by atoms with Crippen molar-refractivity contribution in [1.82, 2.24) is 24.6 Å². The molecule has 7 nitrogen and oxygen atoms in total. The van der Waals surface area contributed by atoms with Gasteiger partial charge in [-0.25, -0.2) is 14.6 Å². The van der Waals surface area contributed by atoms with Crippen LogP contribution in [0.15, 0.2) is 54.7 Å². The van der Waals surface area contributed by atoms with Crippen molar-refractivity contribution in [3.8, 4) is 5.69 Å². The molecule has 2 aromatic heterocycles. The van der Waals surface area contributed by atoms with Gasteiger partial charge < -0.3 is 9.80 Å². The zero-order valence-corrected chi connectivity index (χ0v) is 19.6. The Bertz CT molecular complexity index is 1340. The highest BCUT2D eigenvalue weighted by atomic mass is 35.5. The molecule has 0 saturated carbocycles. The number of halogens is 2. The normalized spacial score (nSPS) is 14.5. The summed E-state index contributed by atoms with van der Waals surface area (Å²) in [6.45, 7) is 4.56. The van der Waals surface area contributed by atoms with Crippen LogP contribution in [0.5, 0.6) is 0 Å². The van der Waals surface area contributed by atoms with Crippen LogP contribution in [0.4, 0.5) is 5.82 Å². The topological polar surface area (TPSA) is 67.2 Å². The number of nitrogens with zero attached hydrogens (tertiary/aromatic N) is 6. The summed E-state index contributed by atoms with van der Waals surface area (Å²) in [5.74, 6) is 1.45. The number of anilines is 1. The van der Waals surface area contributed by atoms with Gasteiger partial charge in [-0.1, -0.05) is 41.4 Å². The van der Waals surface area contributed by atoms with E-state index in [0.29, 0.717) is 41.1 Å². The van der Waals surface area contributed by atoms with E-state index in [9.17, 15) is 4.79 Å². The summed E-state index contributed by atoms with van der Waals surface area (Å²) in [5, 5.41) is 6.55. The van der Waals surface area contributed by atoms with Gasteiger partial charge in [0.15, 0.2) is 5.65 Å². The van der Waals surface area contributed by atoms with Crippen LogP contribution in [0, 0.1) is 6.92 Å². The van der Waals surface area contributed by atoms with Gasteiger partial charge in [-0.05, 0) is 43.7 Å². The lowest BCUT2D eigenvalue weighted by molar-refractivity contribution is 0.0767. The minimum Gasteiger partial charge on any atom is -0.354 e. The molecular weight excluding hydrogens is 459 g/mol. The average Bonchev–Trinajstić information content (AvgIpc) is 3.07. The van der Waals surface area contributed by atoms with Gasteiger partial charge in [0.1, 0.15) is 11.6 Å². The first-order valence-electron chi connectivity index (χ1n) is 10.8. The highest BCUT2D eigenvalue weighted by molar-refractivity contribution is 6.33. The third kappa shape index (κ3) is 4.26. The van der Waals surface area contributed by atoms with Gasteiger partial charge in [-0.2, -0.15) is 5.10 Å². The lowest BCUT2D eigenvalue weighted by atomic mass is 10.2. The summed E-state index contributed by atoms with van der Waals surface area (Å²) in [6, 6.07) is 14.7. The summed E-state index contributed by atoms with van der Waals surface area (Å²) in [7, 11) is 0. The van der Waals surface area contributed by atoms with Crippen molar-refractivity contribution in [2.45, 2.75) is 13.3 Å². The van der Waals surface area contributed by atoms with E-state index in [-0.39, 0.29) is 5.91 Å². The van der Waals surface area contributed by atoms with Gasteiger partial charge >= 0.3 is 0 Å². The molecule has 1 saturated heterocycles. The second-order valence-electron chi connectivity index (χ2n) is 7.98. The second-order valence-corrected chi connectivity index (χ2v) is 8.82. The number of carbonyl (C=O) groups is 1. The van der Waals surface area contributed by atoms with Crippen molar-refractivity contribution in [2.75, 3.05) is 31.1 Å². The molecule has 1 aliphatic rings. The summed E-state index contributed by atoms with van der Waals surface area (Å²) < 4.78 is 1.78. The molecule has 5 rings (SSSR count). The van der Waals surface area contributed by atoms with E-state index in [4.69, 9.17) is 28.2 Å². The Hall–Kier alpha value is -3.16. The Morgan fingerprint density at radius 3 is 2.64 bits per heavy atom. The molecule has 0 N–H and O–H groups in total. The van der Waals surface area contributed by atoms with Crippen molar-refractivity contribution < 1.29 is 4.79 Å². The molecule has 9 heteroatoms. The molecule has 3 heterocycles. The molecule has 168 valence electrons. The van der Waals surface area contributed by atoms with Crippen LogP contribution < -0.4 is 4.90 Å². The zero-order valence-electron chi connectivity index (χ0n) is 18.1. The third-order valence-corrected chi connectivity index (χ3v) is 6.32. The number of amides is 1. The van der Waals surface area contributed by atoms with E-state index in [0.717, 1.165) is 35.5 Å². The van der Waals surface area contributed by atoms with Crippen LogP contribution in [0.2, 0.25) is 10.0 Å². The first-order chi connectivity index (χ1) is 16.0. The fourth-order valence-corrected chi connectivity index (χ4v) is 4.58. The molecule has 0 unspecified atom stereocenters. The van der Waals surface area contributed by atoms with Gasteiger partial charge in [0, 0.05) is 31.2 Å². The Morgan fingerprint density at radius 1 is 0.970 bits per heavy atom. The molecule has 33 heavy (non-hydrogen) atoms. The molecule has 4 aromatic rings. The molecule has 0 radical (unpaired) electrons. The predicted octanol–water partition coefficient (Wildman–Crippen LogP) is 4.78. The molecular formula is C24H22Cl2N6O. The van der Waals surface area contributed by atoms with Crippen LogP contribution in [-0.4, -0.2) is 56.7 Å². The number of carbonyl (C=O) groups excluding carboxylic acids is 1. The summed E-state index contributed by atoms with van der Waals surface area (Å²) in [6.07, 6.45) is 2.62. The number of hydrogen-bond donors (Lipinski definition) is 0. The number of rotatable bonds is 3. The standard InChI is InChI=1S/C24H22Cl2N6O/c1-16-28-22(20-15-27-32(23(20)29-16)18-7-4-6-17(25)14-18)30-10-5-11-31(13-12-30)24(33)19-8-2-3-9-21(19)26/h2-4,6-9,14-15H,5,10-13H2,1H3. The predicted molar refractivity (Wildman–Crippen MR) is 131 cm³/mol. The Morgan fingerprint density at radius 2 is 1.82 bits per heavy atom. The number of fused-ring (bicyclic) bond motifs is 1. The van der Waals surface area contributed by atoms with Crippen LogP contribution in [-0.2, 0) is 0 Å². The van der Waals surface area contributed by atoms with Crippen LogP contribution in [0.3, 0.4) is 0 Å². The van der Waals surface area contributed by atoms with Crippen molar-refractivity contribution in [2.24, 2.45) is 0 Å². The van der Waals surface area contributed by atoms with E-state index in [1.54, 1.807) is 23.0 Å². The molecule has 0 atom stereocenters. The first-order valence-corrected chi connectivity index (χ1v) is 11.5. The number of aromatic nitrogens is 4. The maximum absolute atomic E-state index is 13.0. The van der Waals surface area contributed by atoms with Crippen LogP contribution in [0.1, 0.15) is 22.6 Å². The van der Waals surface area contributed by atoms with Crippen LogP contribution in [0.25, 0.3) is 16.7 Å². The summed E-state index contributed by atoms with van der Waals surface area (Å²) >= 11 is 12.4. The Kier molecular flexibility index (Phi) is 5.91. The SMILES string of the molecule is Cc1nc(N2CCCN(C(=O)c3ccccc3Cl)CC2)c2cnn(-c3cccc(Cl)c3)c2n1. The molecule has 0 aliphatic carbocycles. The van der Waals surface area contributed by atoms with Crippen molar-refractivity contribution in [3.05, 3.63) is 76.2 Å². The fourth-order valence-electron chi connectivity index (χ4n) is 4.17. The van der Waals surface area contributed by atoms with Crippen molar-refractivity contribution >= 4 is 46.0 Å². The highest BCUT2D eigenvalue weighted by Crippen LogP contribution is 2.28. The Balaban J connectivity index is 1.44. The van der Waals surface area contributed by atoms with E-state index in [1.165, 1.54) is 0 Å². The van der Waals surface area contributed by atoms with E-state index < -0.39 is 0 Å². The van der Waals surface area contributed by atoms with Gasteiger partial charge in [0.2, 0.25) is 0 Å². The molecule has 0 spiro atoms. The monoisotopic (exact) mass is 480 g/mol. The van der Waals surface area contributed by atoms with E-state index in [2.05, 4.69) is 15.0 Å². The van der Waals surface area contributed by atoms with Gasteiger partial charge in [-0.15, -0.1) is 0 Å². The first kappa shape index (κ1) is 21.7. The number of aryl methyl sites for hydroxylation is 1. The average molecular weight is 481 g/mol. The number of hydrogen-bond acceptors (Lipinski definition) is 5. The van der Waals surface area contributed by atoms with Crippen molar-refractivity contribution in [3.63, 3.8) is 0 Å². The fraction of sp³-hybridized carbons (Fsp3) is 0.250. The van der Waals surface area contributed by atoms with Gasteiger partial charge in [0.05, 0.1) is 27.9 Å². The zero-order chi connectivity index (χ0) is 22.9. The van der Waals surface area contributed by atoms with E-state index in [1.807, 2.05) is 48.2 Å². The lowest BCUT2D eigenvalue weighted by Gasteiger charge is -2.23. The maximum atomic E-state index is 13.0. The molecule has 2 aromatic carbocycles. The summed E-state index contributed by atoms with van der Waals surface area (Å²) in [5.41, 5.74) is 2.11. The second kappa shape index (κ2) is 9.00. The Labute approximate surface area is 201 Å². The minimum absolute atomic E-state index is 0.0414. The lowest BCUT2D eigenvalue weighted by Crippen LogP contribution is -2.35. The number of benzene rings is 2. The summed E-state index contributed by atoms with van der Waals surface area (Å²) in [4.78, 5) is 26.5. The molecule has 1 aliphatic heterocycles. The van der Waals surface area contributed by atoms with Crippen LogP contribution >= 0.6 is 23.2 Å². The molecule has 1 amide bonds. The maximum Gasteiger partial charge on any atom is 0.255 e. The molecule has 0 bridgehead atoms. The quantitative estimate of drug-likeness (QED) is 0.421. The highest BCUT2D eigenvalue weighted by Gasteiger charge is 2.24. The van der Waals surface area contributed by atoms with Crippen molar-refractivity contribution in [1.29, 1.82) is 0 Å². The van der Waals surface area contributed by atoms with Gasteiger partial charge in [0.25, 0.3) is 5.91 Å². The van der Waals surface area contributed by atoms with E-state index >= 15 is 0 Å².